The number of rotatable bonds is 9. The Morgan fingerprint density at radius 2 is 1.87 bits per heavy atom. The molecule has 61 heavy (non-hydrogen) atoms. The summed E-state index contributed by atoms with van der Waals surface area (Å²) in [5.74, 6) is -1.94. The van der Waals surface area contributed by atoms with Gasteiger partial charge in [-0.3, -0.25) is 29.2 Å². The Bertz CT molecular complexity index is 2300. The Kier molecular flexibility index (Phi) is 12.9. The SMILES string of the molecule is CCn1c(-c2cccnc2[C@H](C)OC)c2c3cc(ccc31)-c1cc(O)cc(c1)C[C@H](NC(=O)[C@H](C(C)C)N(C)C(=O)C1CNC1)C(=O)N1CCC[C@H](N1)C(=O)OCC(C)(C)C2. The summed E-state index contributed by atoms with van der Waals surface area (Å²) < 4.78 is 14.2. The van der Waals surface area contributed by atoms with Crippen LogP contribution in [0.15, 0.2) is 54.7 Å². The van der Waals surface area contributed by atoms with Crippen LogP contribution in [0.3, 0.4) is 0 Å². The number of aromatic hydroxyl groups is 1. The highest BCUT2D eigenvalue weighted by atomic mass is 16.5. The molecule has 4 N–H and O–H groups in total. The van der Waals surface area contributed by atoms with Crippen LogP contribution in [0, 0.1) is 17.3 Å². The van der Waals surface area contributed by atoms with E-state index in [4.69, 9.17) is 14.5 Å². The summed E-state index contributed by atoms with van der Waals surface area (Å²) in [4.78, 5) is 62.3. The Hall–Kier alpha value is -5.31. The van der Waals surface area contributed by atoms with E-state index >= 15 is 0 Å². The maximum atomic E-state index is 14.6. The zero-order chi connectivity index (χ0) is 43.7. The van der Waals surface area contributed by atoms with Gasteiger partial charge in [-0.05, 0) is 97.7 Å². The minimum Gasteiger partial charge on any atom is -0.508 e. The maximum absolute atomic E-state index is 14.6. The van der Waals surface area contributed by atoms with Crippen molar-refractivity contribution < 1.29 is 33.8 Å². The molecule has 2 aromatic heterocycles. The number of carbonyl (C=O) groups excluding carboxylic acids is 4. The topological polar surface area (TPSA) is 167 Å². The van der Waals surface area contributed by atoms with Crippen LogP contribution < -0.4 is 16.1 Å². The first-order valence-corrected chi connectivity index (χ1v) is 21.6. The number of fused-ring (bicyclic) bond motifs is 6. The number of phenols is 1. The van der Waals surface area contributed by atoms with E-state index in [-0.39, 0.29) is 42.6 Å². The van der Waals surface area contributed by atoms with Gasteiger partial charge in [-0.1, -0.05) is 39.8 Å². The van der Waals surface area contributed by atoms with Crippen LogP contribution in [0.2, 0.25) is 0 Å². The van der Waals surface area contributed by atoms with E-state index in [0.717, 1.165) is 44.5 Å². The van der Waals surface area contributed by atoms with Gasteiger partial charge in [0.15, 0.2) is 0 Å². The summed E-state index contributed by atoms with van der Waals surface area (Å²) in [6.45, 7) is 14.2. The molecule has 4 atom stereocenters. The number of hydrazine groups is 1. The highest BCUT2D eigenvalue weighted by Crippen LogP contribution is 2.42. The molecule has 4 aromatic rings. The number of amides is 3. The number of nitrogens with zero attached hydrogens (tertiary/aromatic N) is 4. The number of methoxy groups -OCH3 is 1. The fourth-order valence-corrected chi connectivity index (χ4v) is 9.14. The predicted molar refractivity (Wildman–Crippen MR) is 233 cm³/mol. The number of aryl methyl sites for hydroxylation is 1. The number of pyridine rings is 1. The number of carbonyl (C=O) groups is 4. The molecule has 2 aromatic carbocycles. The maximum Gasteiger partial charge on any atom is 0.324 e. The van der Waals surface area contributed by atoms with Gasteiger partial charge in [0.1, 0.15) is 23.9 Å². The van der Waals surface area contributed by atoms with Crippen LogP contribution in [0.25, 0.3) is 33.3 Å². The molecule has 0 radical (unpaired) electrons. The standard InChI is InChI=1S/C47H61N7O7/c1-9-53-39-15-14-30-22-35(39)36(42(53)34-12-10-16-49-40(34)28(4)60-8)23-47(5,6)26-61-46(59)37-13-11-17-54(51-37)45(58)38(20-29-18-31(30)21-33(55)19-29)50-43(56)41(27(2)3)52(7)44(57)32-24-48-25-32/h10,12,14-16,18-19,21-22,27-28,32,37-38,41,48,51,55H,9,11,13,17,20,23-26H2,1-8H3,(H,50,56)/t28-,37-,38-,41-/m0/s1. The Balaban J connectivity index is 1.35. The lowest BCUT2D eigenvalue weighted by molar-refractivity contribution is -0.155. The lowest BCUT2D eigenvalue weighted by Crippen LogP contribution is -2.62. The van der Waals surface area contributed by atoms with E-state index in [9.17, 15) is 24.3 Å². The van der Waals surface area contributed by atoms with Gasteiger partial charge in [0.2, 0.25) is 11.8 Å². The van der Waals surface area contributed by atoms with Gasteiger partial charge >= 0.3 is 5.97 Å². The summed E-state index contributed by atoms with van der Waals surface area (Å²) >= 11 is 0. The molecular weight excluding hydrogens is 775 g/mol. The van der Waals surface area contributed by atoms with E-state index in [1.807, 2.05) is 39.0 Å². The number of likely N-dealkylation sites (N-methyl/N-ethyl adjacent to an activating group) is 1. The van der Waals surface area contributed by atoms with Crippen LogP contribution in [-0.2, 0) is 48.0 Å². The molecule has 5 heterocycles. The van der Waals surface area contributed by atoms with Crippen LogP contribution in [-0.4, -0.2) is 107 Å². The normalized spacial score (nSPS) is 20.7. The van der Waals surface area contributed by atoms with Crippen LogP contribution in [0.5, 0.6) is 5.75 Å². The van der Waals surface area contributed by atoms with Gasteiger partial charge in [-0.25, -0.2) is 5.43 Å². The first-order valence-electron chi connectivity index (χ1n) is 21.6. The van der Waals surface area contributed by atoms with Crippen molar-refractivity contribution in [3.8, 4) is 28.1 Å². The number of aromatic nitrogens is 2. The number of esters is 1. The van der Waals surface area contributed by atoms with E-state index in [0.29, 0.717) is 51.0 Å². The van der Waals surface area contributed by atoms with Gasteiger partial charge in [-0.2, -0.15) is 0 Å². The van der Waals surface area contributed by atoms with E-state index in [2.05, 4.69) is 59.6 Å². The average Bonchev–Trinajstić information content (AvgIpc) is 3.52. The first-order chi connectivity index (χ1) is 29.1. The second-order valence-electron chi connectivity index (χ2n) is 18.0. The van der Waals surface area contributed by atoms with Gasteiger partial charge in [0.25, 0.3) is 5.91 Å². The van der Waals surface area contributed by atoms with Crippen molar-refractivity contribution in [2.75, 3.05) is 40.4 Å². The number of phenolic OH excluding ortho intramolecular Hbond substituents is 1. The van der Waals surface area contributed by atoms with Crippen molar-refractivity contribution in [2.45, 2.75) is 98.0 Å². The van der Waals surface area contributed by atoms with Crippen molar-refractivity contribution in [3.05, 3.63) is 71.5 Å². The number of benzene rings is 2. The number of nitrogens with one attached hydrogen (secondary N) is 3. The highest BCUT2D eigenvalue weighted by Gasteiger charge is 2.39. The van der Waals surface area contributed by atoms with Crippen LogP contribution in [0.1, 0.15) is 77.3 Å². The zero-order valence-corrected chi connectivity index (χ0v) is 36.7. The van der Waals surface area contributed by atoms with E-state index in [1.165, 1.54) is 9.91 Å². The van der Waals surface area contributed by atoms with E-state index < -0.39 is 41.3 Å². The quantitative estimate of drug-likeness (QED) is 0.166. The molecule has 2 fully saturated rings. The second kappa shape index (κ2) is 18.0. The molecule has 2 saturated heterocycles. The molecule has 0 unspecified atom stereocenters. The van der Waals surface area contributed by atoms with Crippen molar-refractivity contribution in [1.82, 2.24) is 35.5 Å². The molecule has 3 aliphatic heterocycles. The molecule has 14 nitrogen and oxygen atoms in total. The third kappa shape index (κ3) is 9.03. The van der Waals surface area contributed by atoms with Crippen LogP contribution >= 0.6 is 0 Å². The summed E-state index contributed by atoms with van der Waals surface area (Å²) in [6, 6.07) is 12.8. The highest BCUT2D eigenvalue weighted by molar-refractivity contribution is 5.96. The van der Waals surface area contributed by atoms with Crippen molar-refractivity contribution in [2.24, 2.45) is 17.3 Å². The van der Waals surface area contributed by atoms with Gasteiger partial charge in [0, 0.05) is 74.8 Å². The number of hydrogen-bond acceptors (Lipinski definition) is 10. The predicted octanol–water partition coefficient (Wildman–Crippen LogP) is 5.15. The molecule has 0 spiro atoms. The minimum absolute atomic E-state index is 0.0136. The fraction of sp³-hybridized carbons (Fsp3) is 0.511. The number of hydrogen-bond donors (Lipinski definition) is 4. The summed E-state index contributed by atoms with van der Waals surface area (Å²) in [6.07, 6.45) is 3.11. The van der Waals surface area contributed by atoms with Crippen molar-refractivity contribution in [3.63, 3.8) is 0 Å². The van der Waals surface area contributed by atoms with Gasteiger partial charge in [0.05, 0.1) is 30.0 Å². The van der Waals surface area contributed by atoms with Crippen LogP contribution in [0.4, 0.5) is 0 Å². The zero-order valence-electron chi connectivity index (χ0n) is 36.7. The fourth-order valence-electron chi connectivity index (χ4n) is 9.14. The second-order valence-corrected chi connectivity index (χ2v) is 18.0. The molecule has 3 amide bonds. The number of ether oxygens (including phenoxy) is 2. The van der Waals surface area contributed by atoms with E-state index in [1.54, 1.807) is 32.5 Å². The first kappa shape index (κ1) is 43.8. The molecule has 14 heteroatoms. The largest absolute Gasteiger partial charge is 0.508 e. The Morgan fingerprint density at radius 1 is 1.10 bits per heavy atom. The molecule has 0 aliphatic carbocycles. The molecule has 0 saturated carbocycles. The van der Waals surface area contributed by atoms with Gasteiger partial charge in [-0.15, -0.1) is 0 Å². The summed E-state index contributed by atoms with van der Waals surface area (Å²) in [5.41, 5.74) is 9.71. The average molecular weight is 836 g/mol. The van der Waals surface area contributed by atoms with Gasteiger partial charge < -0.3 is 34.7 Å². The smallest absolute Gasteiger partial charge is 0.324 e. The monoisotopic (exact) mass is 835 g/mol. The lowest BCUT2D eigenvalue weighted by atomic mass is 9.84. The molecule has 3 aliphatic rings. The number of cyclic esters (lactones) is 1. The Labute approximate surface area is 358 Å². The van der Waals surface area contributed by atoms with Crippen molar-refractivity contribution >= 4 is 34.6 Å². The molecule has 7 rings (SSSR count). The molecular formula is C47H61N7O7. The summed E-state index contributed by atoms with van der Waals surface area (Å²) in [5, 5.41) is 19.8. The third-order valence-corrected chi connectivity index (χ3v) is 12.5. The van der Waals surface area contributed by atoms with Crippen molar-refractivity contribution in [1.29, 1.82) is 0 Å². The minimum atomic E-state index is -1.10. The summed E-state index contributed by atoms with van der Waals surface area (Å²) in [7, 11) is 3.31. The lowest BCUT2D eigenvalue weighted by Gasteiger charge is -2.38. The molecule has 6 bridgehead atoms. The molecule has 326 valence electrons. The Morgan fingerprint density at radius 3 is 2.56 bits per heavy atom. The third-order valence-electron chi connectivity index (χ3n) is 12.5.